The van der Waals surface area contributed by atoms with Gasteiger partial charge in [0.05, 0.1) is 60.6 Å². The molecule has 390 valence electrons. The molecule has 16 nitrogen and oxygen atoms in total. The number of aromatic nitrogens is 4. The summed E-state index contributed by atoms with van der Waals surface area (Å²) in [5.74, 6) is 2.35. The number of alkyl carbamates (subject to hydrolysis) is 2. The van der Waals surface area contributed by atoms with Crippen molar-refractivity contribution >= 4 is 46.1 Å². The van der Waals surface area contributed by atoms with Gasteiger partial charge in [-0.2, -0.15) is 0 Å². The number of piperidine rings is 2. The predicted octanol–water partition coefficient (Wildman–Crippen LogP) is 8.84. The minimum absolute atomic E-state index is 0.0270. The average Bonchev–Trinajstić information content (AvgIpc) is 4.31. The van der Waals surface area contributed by atoms with Gasteiger partial charge >= 0.3 is 12.2 Å². The van der Waals surface area contributed by atoms with Gasteiger partial charge in [-0.25, -0.2) is 19.6 Å². The maximum absolute atomic E-state index is 14.4. The Morgan fingerprint density at radius 3 is 1.65 bits per heavy atom. The second-order valence-corrected chi connectivity index (χ2v) is 22.5. The number of H-pyrrole nitrogens is 2. The molecule has 10 aliphatic rings. The fourth-order valence-electron chi connectivity index (χ4n) is 15.4. The van der Waals surface area contributed by atoms with Crippen molar-refractivity contribution in [3.05, 3.63) is 107 Å². The van der Waals surface area contributed by atoms with Gasteiger partial charge in [-0.15, -0.1) is 0 Å². The molecule has 6 aliphatic carbocycles. The van der Waals surface area contributed by atoms with Crippen LogP contribution in [0.1, 0.15) is 110 Å². The quantitative estimate of drug-likeness (QED) is 0.115. The topological polar surface area (TPSA) is 193 Å². The zero-order valence-corrected chi connectivity index (χ0v) is 43.3. The third-order valence-corrected chi connectivity index (χ3v) is 18.8. The largest absolute Gasteiger partial charge is 0.453 e. The fourth-order valence-corrected chi connectivity index (χ4v) is 15.4. The third-order valence-electron chi connectivity index (χ3n) is 18.8. The number of ether oxygens (including phenoxy) is 4. The van der Waals surface area contributed by atoms with Crippen LogP contribution in [0.3, 0.4) is 0 Å². The molecule has 4 aromatic carbocycles. The molecule has 75 heavy (non-hydrogen) atoms. The monoisotopic (exact) mass is 1010 g/mol. The molecule has 4 saturated heterocycles. The van der Waals surface area contributed by atoms with E-state index < -0.39 is 36.5 Å². The first-order chi connectivity index (χ1) is 36.5. The standard InChI is InChI=1S/C59H66N8O8/c1-29-22-33-15-13-30(23-40(33)34-18-20-42-44(25-34)62-54(60-42)46-27-36-8-6-10-38-50(36)66(46)56(68)48(52(38)72-2)64-58(70)74-4)12-14-31-16-17-32(29)24-41(31)35-19-21-43-45(26-35)63-55(61-43)47-28-37-9-7-11-39-51(37)67(47)57(69)49(53(39)73-3)65-59(71)75-5/h13,15-21,23-26,29,36-39,46-53H,6-12,14,22,27-28H2,1-5H3,(H,60,62)(H,61,63)(H,64,70)(H,65,71). The molecule has 13 atom stereocenters. The van der Waals surface area contributed by atoms with Crippen LogP contribution in [-0.4, -0.2) is 119 Å². The van der Waals surface area contributed by atoms with E-state index in [0.717, 1.165) is 115 Å². The number of nitrogens with zero attached hydrogens (tertiary/aromatic N) is 4. The Labute approximate surface area is 436 Å². The summed E-state index contributed by atoms with van der Waals surface area (Å²) >= 11 is 0. The summed E-state index contributed by atoms with van der Waals surface area (Å²) in [4.78, 5) is 75.5. The maximum Gasteiger partial charge on any atom is 0.407 e. The van der Waals surface area contributed by atoms with Crippen molar-refractivity contribution in [2.45, 2.75) is 132 Å². The molecular weight excluding hydrogens is 949 g/mol. The number of aromatic amines is 2. The van der Waals surface area contributed by atoms with Crippen molar-refractivity contribution in [3.8, 4) is 22.3 Å². The van der Waals surface area contributed by atoms with Gasteiger partial charge in [0.2, 0.25) is 11.8 Å². The van der Waals surface area contributed by atoms with E-state index in [-0.39, 0.29) is 53.7 Å². The van der Waals surface area contributed by atoms with Crippen LogP contribution < -0.4 is 10.6 Å². The van der Waals surface area contributed by atoms with E-state index in [9.17, 15) is 19.2 Å². The number of amides is 4. The Hall–Kier alpha value is -6.78. The first kappa shape index (κ1) is 47.9. The highest BCUT2D eigenvalue weighted by Crippen LogP contribution is 2.54. The van der Waals surface area contributed by atoms with E-state index >= 15 is 0 Å². The van der Waals surface area contributed by atoms with Crippen molar-refractivity contribution in [1.82, 2.24) is 40.4 Å². The lowest BCUT2D eigenvalue weighted by atomic mass is 9.71. The second-order valence-electron chi connectivity index (χ2n) is 22.5. The van der Waals surface area contributed by atoms with Crippen LogP contribution in [-0.2, 0) is 47.8 Å². The normalized spacial score (nSPS) is 30.8. The van der Waals surface area contributed by atoms with Gasteiger partial charge in [-0.05, 0) is 144 Å². The number of methoxy groups -OCH3 is 4. The number of rotatable bonds is 8. The smallest absolute Gasteiger partial charge is 0.407 e. The molecule has 4 bridgehead atoms. The fraction of sp³-hybridized carbons (Fsp3) is 0.492. The van der Waals surface area contributed by atoms with Gasteiger partial charge < -0.3 is 49.3 Å². The molecule has 4 amide bonds. The number of hydrogen-bond acceptors (Lipinski definition) is 10. The lowest BCUT2D eigenvalue weighted by Gasteiger charge is -2.49. The van der Waals surface area contributed by atoms with Gasteiger partial charge in [-0.3, -0.25) is 9.59 Å². The maximum atomic E-state index is 14.4. The van der Waals surface area contributed by atoms with Gasteiger partial charge in [0.1, 0.15) is 23.7 Å². The van der Waals surface area contributed by atoms with Gasteiger partial charge in [0.25, 0.3) is 0 Å². The number of carbonyl (C=O) groups excluding carboxylic acids is 4. The molecule has 6 fully saturated rings. The molecule has 16 rings (SSSR count). The number of benzene rings is 4. The molecule has 2 saturated carbocycles. The van der Waals surface area contributed by atoms with Crippen molar-refractivity contribution in [2.24, 2.45) is 23.7 Å². The summed E-state index contributed by atoms with van der Waals surface area (Å²) in [5.41, 5.74) is 13.3. The average molecular weight is 1020 g/mol. The van der Waals surface area contributed by atoms with Crippen molar-refractivity contribution in [2.75, 3.05) is 28.4 Å². The number of aryl methyl sites for hydroxylation is 2. The summed E-state index contributed by atoms with van der Waals surface area (Å²) < 4.78 is 21.8. The molecule has 2 aromatic heterocycles. The first-order valence-corrected chi connectivity index (χ1v) is 27.2. The second kappa shape index (κ2) is 18.8. The minimum atomic E-state index is -0.835. The molecule has 0 radical (unpaired) electrons. The predicted molar refractivity (Wildman–Crippen MR) is 280 cm³/mol. The Bertz CT molecular complexity index is 3260. The molecule has 6 aromatic rings. The lowest BCUT2D eigenvalue weighted by molar-refractivity contribution is -0.157. The van der Waals surface area contributed by atoms with Gasteiger partial charge in [0.15, 0.2) is 0 Å². The number of imidazole rings is 2. The summed E-state index contributed by atoms with van der Waals surface area (Å²) in [6.07, 6.45) is 8.11. The van der Waals surface area contributed by atoms with Crippen LogP contribution in [0.4, 0.5) is 9.59 Å². The van der Waals surface area contributed by atoms with Crippen LogP contribution >= 0.6 is 0 Å². The molecule has 16 heteroatoms. The zero-order chi connectivity index (χ0) is 51.4. The van der Waals surface area contributed by atoms with E-state index in [2.05, 4.69) is 100 Å². The summed E-state index contributed by atoms with van der Waals surface area (Å²) in [6, 6.07) is 24.9. The Morgan fingerprint density at radius 1 is 0.613 bits per heavy atom. The van der Waals surface area contributed by atoms with Crippen LogP contribution in [0, 0.1) is 23.7 Å². The van der Waals surface area contributed by atoms with Crippen LogP contribution in [0.5, 0.6) is 0 Å². The number of carbonyl (C=O) groups is 4. The van der Waals surface area contributed by atoms with E-state index in [1.165, 1.54) is 47.6 Å². The van der Waals surface area contributed by atoms with Crippen LogP contribution in [0.2, 0.25) is 0 Å². The molecule has 4 aliphatic heterocycles. The van der Waals surface area contributed by atoms with Gasteiger partial charge in [0, 0.05) is 38.1 Å². The molecule has 4 N–H and O–H groups in total. The zero-order valence-electron chi connectivity index (χ0n) is 43.3. The highest BCUT2D eigenvalue weighted by molar-refractivity contribution is 5.90. The Balaban J connectivity index is 0.770. The van der Waals surface area contributed by atoms with Crippen LogP contribution in [0.15, 0.2) is 72.8 Å². The van der Waals surface area contributed by atoms with E-state index in [4.69, 9.17) is 28.9 Å². The van der Waals surface area contributed by atoms with E-state index in [0.29, 0.717) is 11.8 Å². The SMILES string of the molecule is COC(=O)NC1C(=O)N2C(c3nc4ccc(-c5cc6ccc5CCc5ccc(c(-c7ccc8nc(C9CC%10CCCC%11C(OC)C(NC(=O)OC)C(=O)N9C%10%11)[nH]c8c7)c5)CC6C)cc4[nH]3)CC3CCCC(C1OC)C32. The Kier molecular flexibility index (Phi) is 12.0. The van der Waals surface area contributed by atoms with Gasteiger partial charge in [-0.1, -0.05) is 68.3 Å². The summed E-state index contributed by atoms with van der Waals surface area (Å²) in [5, 5.41) is 5.63. The molecular formula is C59H66N8O8. The summed E-state index contributed by atoms with van der Waals surface area (Å²) in [7, 11) is 5.89. The summed E-state index contributed by atoms with van der Waals surface area (Å²) in [6.45, 7) is 2.31. The Morgan fingerprint density at radius 2 is 1.13 bits per heavy atom. The lowest BCUT2D eigenvalue weighted by Crippen LogP contribution is -2.66. The minimum Gasteiger partial charge on any atom is -0.453 e. The molecule has 6 heterocycles. The highest BCUT2D eigenvalue weighted by atomic mass is 16.5. The van der Waals surface area contributed by atoms with Crippen molar-refractivity contribution in [3.63, 3.8) is 0 Å². The number of fused-ring (bicyclic) bond motifs is 2. The third kappa shape index (κ3) is 7.90. The highest BCUT2D eigenvalue weighted by Gasteiger charge is 2.60. The number of nitrogens with one attached hydrogen (secondary N) is 4. The first-order valence-electron chi connectivity index (χ1n) is 27.2. The molecule has 13 unspecified atom stereocenters. The van der Waals surface area contributed by atoms with Crippen molar-refractivity contribution < 1.29 is 38.1 Å². The van der Waals surface area contributed by atoms with E-state index in [1.54, 1.807) is 14.2 Å². The van der Waals surface area contributed by atoms with Crippen molar-refractivity contribution in [1.29, 1.82) is 0 Å². The van der Waals surface area contributed by atoms with Crippen LogP contribution in [0.25, 0.3) is 44.3 Å². The molecule has 0 spiro atoms. The number of hydrogen-bond donors (Lipinski definition) is 4. The van der Waals surface area contributed by atoms with E-state index in [1.807, 2.05) is 9.80 Å².